The minimum Gasteiger partial charge on any atom is -0.379 e. The molecule has 0 aromatic heterocycles. The van der Waals surface area contributed by atoms with Gasteiger partial charge in [0.05, 0.1) is 55.8 Å². The number of aryl methyl sites for hydroxylation is 2. The number of Topliss-reactive ketones (excluding diaryl/α,β-unsaturated/α-hetero) is 1. The van der Waals surface area contributed by atoms with E-state index in [1.165, 1.54) is 25.7 Å². The van der Waals surface area contributed by atoms with Crippen LogP contribution in [-0.4, -0.2) is 113 Å². The number of hydrogen-bond acceptors (Lipinski definition) is 10. The Bertz CT molecular complexity index is 2620. The van der Waals surface area contributed by atoms with Crippen LogP contribution in [0.3, 0.4) is 0 Å². The number of carbonyl (C=O) groups excluding carboxylic acids is 4. The molecule has 0 unspecified atom stereocenters. The molecule has 0 bridgehead atoms. The Kier molecular flexibility index (Phi) is 18.8. The summed E-state index contributed by atoms with van der Waals surface area (Å²) in [6, 6.07) is 24.6. The number of ether oxygens (including phenoxy) is 4. The quantitative estimate of drug-likeness (QED) is 0.0505. The van der Waals surface area contributed by atoms with Gasteiger partial charge in [0.25, 0.3) is 11.8 Å². The van der Waals surface area contributed by atoms with Crippen molar-refractivity contribution >= 4 is 92.8 Å². The standard InChI is InChI=1S/C60H72Cl4N6O8/c61-48-37-43(39-77-59(21-22-59)56(72)69-29-27-67(45-17-18-45)52-13-3-5-15-54(52)69)50(63)35-41(48)9-1-2-11-47(71)12-8-31-75-33-34-76-32-26-66-58(74)65-25-7-10-42-36-51(64)44(38-49(42)62)40-78-60(23-24-60)57(73)70-30-28-68(46-19-20-46)53-14-4-6-16-55(53)70/h3-6,13-16,35-38,45-46H,1-2,7-12,17-34,39-40H2,(H2,65,66,74). The van der Waals surface area contributed by atoms with Crippen LogP contribution in [0.5, 0.6) is 0 Å². The zero-order valence-corrected chi connectivity index (χ0v) is 47.5. The van der Waals surface area contributed by atoms with Gasteiger partial charge in [0, 0.05) is 90.9 Å². The first-order valence-electron chi connectivity index (χ1n) is 28.2. The lowest BCUT2D eigenvalue weighted by atomic mass is 10.0. The van der Waals surface area contributed by atoms with Crippen molar-refractivity contribution in [2.24, 2.45) is 0 Å². The number of halogens is 4. The molecule has 418 valence electrons. The number of unbranched alkanes of at least 4 members (excludes halogenated alkanes) is 1. The second-order valence-electron chi connectivity index (χ2n) is 21.7. The third kappa shape index (κ3) is 14.1. The molecule has 4 aromatic rings. The Morgan fingerprint density at radius 2 is 0.936 bits per heavy atom. The van der Waals surface area contributed by atoms with Crippen LogP contribution < -0.4 is 30.2 Å². The summed E-state index contributed by atoms with van der Waals surface area (Å²) in [5.74, 6) is 0.232. The van der Waals surface area contributed by atoms with Crippen molar-refractivity contribution in [3.8, 4) is 0 Å². The molecule has 10 rings (SSSR count). The molecule has 6 aliphatic rings. The third-order valence-corrected chi connectivity index (χ3v) is 17.3. The van der Waals surface area contributed by atoms with E-state index < -0.39 is 11.2 Å². The van der Waals surface area contributed by atoms with Crippen molar-refractivity contribution < 1.29 is 38.1 Å². The number of nitrogens with one attached hydrogen (secondary N) is 2. The average molecular weight is 1150 g/mol. The molecule has 0 radical (unpaired) electrons. The van der Waals surface area contributed by atoms with Gasteiger partial charge in [-0.25, -0.2) is 4.79 Å². The topological polar surface area (TPSA) is 142 Å². The lowest BCUT2D eigenvalue weighted by Gasteiger charge is -2.39. The molecule has 4 aromatic carbocycles. The number of para-hydroxylation sites is 4. The molecule has 4 saturated carbocycles. The highest BCUT2D eigenvalue weighted by Crippen LogP contribution is 2.48. The zero-order chi connectivity index (χ0) is 54.2. The molecule has 0 atom stereocenters. The van der Waals surface area contributed by atoms with Crippen LogP contribution >= 0.6 is 46.4 Å². The number of rotatable bonds is 29. The number of nitrogens with zero attached hydrogens (tertiary/aromatic N) is 4. The van der Waals surface area contributed by atoms with E-state index in [9.17, 15) is 19.2 Å². The number of hydrogen-bond donors (Lipinski definition) is 2. The SMILES string of the molecule is O=C(CCCCc1cc(Cl)c(COC2(C(=O)N3CCN(C4CC4)c4ccccc43)CC2)cc1Cl)CCCOCCOCCNC(=O)NCCCc1cc(Cl)c(COC2(C(=O)N3CCN(C4CC4)c4ccccc43)CC2)cc1Cl. The molecule has 2 heterocycles. The average Bonchev–Trinajstić information content (AvgIpc) is 4.25. The van der Waals surface area contributed by atoms with Gasteiger partial charge in [-0.2, -0.15) is 0 Å². The largest absolute Gasteiger partial charge is 0.379 e. The number of anilines is 4. The highest BCUT2D eigenvalue weighted by molar-refractivity contribution is 6.34. The van der Waals surface area contributed by atoms with E-state index in [0.717, 1.165) is 70.9 Å². The second kappa shape index (κ2) is 25.9. The van der Waals surface area contributed by atoms with Crippen molar-refractivity contribution in [1.29, 1.82) is 0 Å². The predicted molar refractivity (Wildman–Crippen MR) is 308 cm³/mol. The molecule has 78 heavy (non-hydrogen) atoms. The number of ketones is 1. The van der Waals surface area contributed by atoms with Crippen molar-refractivity contribution in [3.05, 3.63) is 115 Å². The van der Waals surface area contributed by atoms with E-state index >= 15 is 0 Å². The van der Waals surface area contributed by atoms with Crippen LogP contribution in [-0.2, 0) is 59.4 Å². The van der Waals surface area contributed by atoms with Crippen LogP contribution in [0, 0.1) is 0 Å². The fourth-order valence-corrected chi connectivity index (χ4v) is 11.9. The Morgan fingerprint density at radius 3 is 1.44 bits per heavy atom. The molecule has 18 heteroatoms. The molecule has 2 aliphatic heterocycles. The molecular weight excluding hydrogens is 1070 g/mol. The summed E-state index contributed by atoms with van der Waals surface area (Å²) < 4.78 is 24.0. The lowest BCUT2D eigenvalue weighted by molar-refractivity contribution is -0.134. The molecule has 14 nitrogen and oxygen atoms in total. The van der Waals surface area contributed by atoms with Gasteiger partial charge < -0.3 is 49.2 Å². The van der Waals surface area contributed by atoms with E-state index in [-0.39, 0.29) is 36.8 Å². The number of fused-ring (bicyclic) bond motifs is 2. The van der Waals surface area contributed by atoms with Gasteiger partial charge in [0.1, 0.15) is 17.0 Å². The highest BCUT2D eigenvalue weighted by atomic mass is 35.5. The van der Waals surface area contributed by atoms with Crippen molar-refractivity contribution in [3.63, 3.8) is 0 Å². The minimum atomic E-state index is -0.848. The summed E-state index contributed by atoms with van der Waals surface area (Å²) in [6.45, 7) is 5.72. The van der Waals surface area contributed by atoms with Gasteiger partial charge in [-0.15, -0.1) is 0 Å². The molecule has 4 aliphatic carbocycles. The summed E-state index contributed by atoms with van der Waals surface area (Å²) in [4.78, 5) is 61.5. The van der Waals surface area contributed by atoms with Crippen LogP contribution in [0.4, 0.5) is 27.5 Å². The van der Waals surface area contributed by atoms with E-state index in [4.69, 9.17) is 65.4 Å². The summed E-state index contributed by atoms with van der Waals surface area (Å²) >= 11 is 26.9. The first kappa shape index (κ1) is 56.6. The third-order valence-electron chi connectivity index (χ3n) is 15.9. The summed E-state index contributed by atoms with van der Waals surface area (Å²) in [6.07, 6.45) is 12.7. The van der Waals surface area contributed by atoms with Gasteiger partial charge in [0.2, 0.25) is 0 Å². The monoisotopic (exact) mass is 1140 g/mol. The van der Waals surface area contributed by atoms with Crippen LogP contribution in [0.15, 0.2) is 72.8 Å². The van der Waals surface area contributed by atoms with Gasteiger partial charge in [0.15, 0.2) is 0 Å². The number of carbonyl (C=O) groups is 4. The number of urea groups is 1. The van der Waals surface area contributed by atoms with Gasteiger partial charge >= 0.3 is 6.03 Å². The molecule has 0 saturated heterocycles. The second-order valence-corrected chi connectivity index (χ2v) is 23.4. The molecule has 2 N–H and O–H groups in total. The molecule has 4 amide bonds. The Labute approximate surface area is 478 Å². The van der Waals surface area contributed by atoms with Gasteiger partial charge in [-0.3, -0.25) is 14.4 Å². The highest BCUT2D eigenvalue weighted by Gasteiger charge is 2.56. The summed E-state index contributed by atoms with van der Waals surface area (Å²) in [5.41, 5.74) is 5.79. The van der Waals surface area contributed by atoms with Crippen LogP contribution in [0.1, 0.15) is 112 Å². The van der Waals surface area contributed by atoms with Gasteiger partial charge in [-0.05, 0) is 161 Å². The Morgan fingerprint density at radius 1 is 0.500 bits per heavy atom. The van der Waals surface area contributed by atoms with Crippen molar-refractivity contribution in [2.45, 2.75) is 139 Å². The first-order chi connectivity index (χ1) is 37.9. The van der Waals surface area contributed by atoms with E-state index in [2.05, 4.69) is 32.6 Å². The Balaban J connectivity index is 0.531. The van der Waals surface area contributed by atoms with Crippen molar-refractivity contribution in [2.75, 3.05) is 85.3 Å². The van der Waals surface area contributed by atoms with E-state index in [0.29, 0.717) is 149 Å². The molecular formula is C60H72Cl4N6O8. The fourth-order valence-electron chi connectivity index (χ4n) is 10.8. The molecule has 0 spiro atoms. The lowest BCUT2D eigenvalue weighted by Crippen LogP contribution is -2.49. The maximum absolute atomic E-state index is 13.9. The predicted octanol–water partition coefficient (Wildman–Crippen LogP) is 11.5. The fraction of sp³-hybridized carbons (Fsp3) is 0.533. The van der Waals surface area contributed by atoms with Crippen LogP contribution in [0.25, 0.3) is 0 Å². The number of amides is 4. The van der Waals surface area contributed by atoms with E-state index in [1.807, 2.05) is 70.5 Å². The smallest absolute Gasteiger partial charge is 0.314 e. The summed E-state index contributed by atoms with van der Waals surface area (Å²) in [5, 5.41) is 7.93. The minimum absolute atomic E-state index is 0.0104. The first-order valence-corrected chi connectivity index (χ1v) is 29.7. The Hall–Kier alpha value is -4.64. The number of benzene rings is 4. The van der Waals surface area contributed by atoms with E-state index in [1.54, 1.807) is 0 Å². The summed E-state index contributed by atoms with van der Waals surface area (Å²) in [7, 11) is 0. The van der Waals surface area contributed by atoms with Crippen molar-refractivity contribution in [1.82, 2.24) is 10.6 Å². The maximum atomic E-state index is 13.9. The van der Waals surface area contributed by atoms with Gasteiger partial charge in [-0.1, -0.05) is 70.7 Å². The molecule has 4 fully saturated rings. The maximum Gasteiger partial charge on any atom is 0.314 e. The zero-order valence-electron chi connectivity index (χ0n) is 44.4. The van der Waals surface area contributed by atoms with Crippen LogP contribution in [0.2, 0.25) is 20.1 Å². The normalized spacial score (nSPS) is 17.8.